The van der Waals surface area contributed by atoms with E-state index in [0.29, 0.717) is 54.0 Å². The Hall–Kier alpha value is -2.34. The third kappa shape index (κ3) is 4.85. The molecule has 1 aromatic carbocycles. The molecule has 1 saturated heterocycles. The number of likely N-dealkylation sites (N-methyl/N-ethyl adjacent to an activating group) is 1. The van der Waals surface area contributed by atoms with E-state index in [2.05, 4.69) is 20.0 Å². The molecule has 2 aromatic heterocycles. The zero-order valence-corrected chi connectivity index (χ0v) is 19.7. The van der Waals surface area contributed by atoms with Crippen molar-refractivity contribution in [2.75, 3.05) is 33.2 Å². The van der Waals surface area contributed by atoms with Crippen molar-refractivity contribution >= 4 is 21.8 Å². The topological polar surface area (TPSA) is 92.4 Å². The van der Waals surface area contributed by atoms with E-state index in [1.807, 2.05) is 14.0 Å². The summed E-state index contributed by atoms with van der Waals surface area (Å²) in [7, 11) is -1.58. The van der Waals surface area contributed by atoms with E-state index in [-0.39, 0.29) is 16.0 Å². The van der Waals surface area contributed by atoms with E-state index in [4.69, 9.17) is 4.52 Å². The van der Waals surface area contributed by atoms with Crippen molar-refractivity contribution in [3.63, 3.8) is 0 Å². The maximum Gasteiger partial charge on any atom is 0.244 e. The summed E-state index contributed by atoms with van der Waals surface area (Å²) in [4.78, 5) is 11.0. The first kappa shape index (κ1) is 22.8. The van der Waals surface area contributed by atoms with Gasteiger partial charge >= 0.3 is 0 Å². The van der Waals surface area contributed by atoms with Crippen molar-refractivity contribution < 1.29 is 17.3 Å². The second kappa shape index (κ2) is 9.26. The number of hydrogen-bond donors (Lipinski definition) is 0. The highest BCUT2D eigenvalue weighted by atomic mass is 32.2. The summed E-state index contributed by atoms with van der Waals surface area (Å²) in [6.45, 7) is 5.93. The molecule has 11 heteroatoms. The van der Waals surface area contributed by atoms with Crippen LogP contribution in [0.3, 0.4) is 0 Å². The van der Waals surface area contributed by atoms with Gasteiger partial charge in [0.25, 0.3) is 0 Å². The predicted octanol–water partition coefficient (Wildman–Crippen LogP) is 3.37. The maximum absolute atomic E-state index is 13.8. The molecule has 1 aliphatic heterocycles. The zero-order valence-electron chi connectivity index (χ0n) is 18.0. The smallest absolute Gasteiger partial charge is 0.244 e. The molecular weight excluding hydrogens is 453 g/mol. The van der Waals surface area contributed by atoms with Crippen molar-refractivity contribution in [3.05, 3.63) is 53.8 Å². The Morgan fingerprint density at radius 2 is 1.91 bits per heavy atom. The summed E-state index contributed by atoms with van der Waals surface area (Å²) < 4.78 is 46.3. The zero-order chi connectivity index (χ0) is 22.9. The minimum Gasteiger partial charge on any atom is -0.338 e. The summed E-state index contributed by atoms with van der Waals surface area (Å²) >= 11 is 1.37. The summed E-state index contributed by atoms with van der Waals surface area (Å²) in [6.07, 6.45) is 1.39. The van der Waals surface area contributed by atoms with E-state index in [1.165, 1.54) is 28.3 Å². The van der Waals surface area contributed by atoms with Crippen LogP contribution < -0.4 is 0 Å². The minimum atomic E-state index is -3.55. The molecule has 0 spiro atoms. The molecule has 3 heterocycles. The first-order chi connectivity index (χ1) is 15.2. The van der Waals surface area contributed by atoms with Gasteiger partial charge in [-0.05, 0) is 44.7 Å². The molecule has 32 heavy (non-hydrogen) atoms. The molecule has 1 fully saturated rings. The molecule has 0 amide bonds. The number of piperazine rings is 1. The number of halogens is 1. The molecule has 0 aliphatic carbocycles. The lowest BCUT2D eigenvalue weighted by Crippen LogP contribution is -2.47. The van der Waals surface area contributed by atoms with Crippen LogP contribution in [0, 0.1) is 12.7 Å². The molecule has 0 radical (unpaired) electrons. The van der Waals surface area contributed by atoms with Gasteiger partial charge in [-0.25, -0.2) is 17.8 Å². The Balaban J connectivity index is 1.43. The van der Waals surface area contributed by atoms with Gasteiger partial charge in [0.15, 0.2) is 0 Å². The fourth-order valence-electron chi connectivity index (χ4n) is 3.25. The van der Waals surface area contributed by atoms with Crippen molar-refractivity contribution in [2.45, 2.75) is 29.0 Å². The average molecular weight is 478 g/mol. The molecule has 0 saturated carbocycles. The van der Waals surface area contributed by atoms with E-state index < -0.39 is 10.0 Å². The molecule has 4 rings (SSSR count). The fourth-order valence-corrected chi connectivity index (χ4v) is 5.43. The van der Waals surface area contributed by atoms with Gasteiger partial charge in [-0.3, -0.25) is 0 Å². The molecule has 0 bridgehead atoms. The monoisotopic (exact) mass is 477 g/mol. The van der Waals surface area contributed by atoms with Crippen molar-refractivity contribution in [1.82, 2.24) is 24.3 Å². The summed E-state index contributed by atoms with van der Waals surface area (Å²) in [5, 5.41) is 4.36. The van der Waals surface area contributed by atoms with Crippen LogP contribution in [-0.2, 0) is 10.0 Å². The predicted molar refractivity (Wildman–Crippen MR) is 119 cm³/mol. The van der Waals surface area contributed by atoms with Crippen LogP contribution >= 0.6 is 11.8 Å². The van der Waals surface area contributed by atoms with Gasteiger partial charge < -0.3 is 9.42 Å². The molecular formula is C21H24FN5O3S2. The molecule has 170 valence electrons. The first-order valence-corrected chi connectivity index (χ1v) is 12.5. The van der Waals surface area contributed by atoms with Gasteiger partial charge in [-0.1, -0.05) is 29.1 Å². The lowest BCUT2D eigenvalue weighted by molar-refractivity contribution is 0.222. The van der Waals surface area contributed by atoms with Crippen LogP contribution in [0.15, 0.2) is 51.0 Å². The van der Waals surface area contributed by atoms with Crippen LogP contribution in [0.5, 0.6) is 0 Å². The molecule has 0 N–H and O–H groups in total. The number of nitrogens with zero attached hydrogens (tertiary/aromatic N) is 5. The number of pyridine rings is 1. The van der Waals surface area contributed by atoms with E-state index in [9.17, 15) is 12.8 Å². The lowest BCUT2D eigenvalue weighted by Gasteiger charge is -2.31. The Bertz CT molecular complexity index is 1190. The standard InChI is InChI=1S/C21H24FN5O3S2/c1-14-4-5-16(12-18(14)22)20-24-21(30-25-20)15(2)31-19-7-6-17(13-23-19)32(28,29)27-10-8-26(3)9-11-27/h4-7,12-13,15H,8-11H2,1-3H3/t15-/m0/s1. The Morgan fingerprint density at radius 3 is 2.56 bits per heavy atom. The number of hydrogen-bond acceptors (Lipinski definition) is 8. The summed E-state index contributed by atoms with van der Waals surface area (Å²) in [5.74, 6) is 0.363. The average Bonchev–Trinajstić information content (AvgIpc) is 3.27. The normalized spacial score (nSPS) is 16.9. The minimum absolute atomic E-state index is 0.181. The van der Waals surface area contributed by atoms with Gasteiger partial charge in [0.05, 0.1) is 10.3 Å². The molecule has 3 aromatic rings. The Morgan fingerprint density at radius 1 is 1.16 bits per heavy atom. The van der Waals surface area contributed by atoms with Gasteiger partial charge in [0.2, 0.25) is 21.7 Å². The van der Waals surface area contributed by atoms with Gasteiger partial charge in [0, 0.05) is 37.9 Å². The number of aryl methyl sites for hydroxylation is 1. The number of sulfonamides is 1. The van der Waals surface area contributed by atoms with Crippen LogP contribution in [0.25, 0.3) is 11.4 Å². The number of benzene rings is 1. The Labute approximate surface area is 190 Å². The summed E-state index contributed by atoms with van der Waals surface area (Å²) in [6, 6.07) is 8.04. The van der Waals surface area contributed by atoms with Gasteiger partial charge in [-0.2, -0.15) is 9.29 Å². The maximum atomic E-state index is 13.8. The highest BCUT2D eigenvalue weighted by molar-refractivity contribution is 7.99. The molecule has 1 aliphatic rings. The number of rotatable bonds is 6. The van der Waals surface area contributed by atoms with Crippen LogP contribution in [0.2, 0.25) is 0 Å². The SMILES string of the molecule is Cc1ccc(-c2noc([C@H](C)Sc3ccc(S(=O)(=O)N4CCN(C)CC4)cn3)n2)cc1F. The second-order valence-electron chi connectivity index (χ2n) is 7.72. The molecule has 1 atom stereocenters. The van der Waals surface area contributed by atoms with Crippen LogP contribution in [0.4, 0.5) is 4.39 Å². The van der Waals surface area contributed by atoms with Crippen LogP contribution in [0.1, 0.15) is 23.6 Å². The molecule has 0 unspecified atom stereocenters. The van der Waals surface area contributed by atoms with E-state index in [1.54, 1.807) is 31.2 Å². The number of thioether (sulfide) groups is 1. The van der Waals surface area contributed by atoms with E-state index >= 15 is 0 Å². The van der Waals surface area contributed by atoms with Crippen molar-refractivity contribution in [3.8, 4) is 11.4 Å². The van der Waals surface area contributed by atoms with Gasteiger partial charge in [-0.15, -0.1) is 0 Å². The largest absolute Gasteiger partial charge is 0.338 e. The first-order valence-electron chi connectivity index (χ1n) is 10.2. The number of aromatic nitrogens is 3. The highest BCUT2D eigenvalue weighted by Gasteiger charge is 2.28. The second-order valence-corrected chi connectivity index (χ2v) is 11.0. The van der Waals surface area contributed by atoms with Crippen LogP contribution in [-0.4, -0.2) is 66.0 Å². The summed E-state index contributed by atoms with van der Waals surface area (Å²) in [5.41, 5.74) is 1.09. The van der Waals surface area contributed by atoms with Gasteiger partial charge in [0.1, 0.15) is 10.7 Å². The van der Waals surface area contributed by atoms with Crippen molar-refractivity contribution in [1.29, 1.82) is 0 Å². The fraction of sp³-hybridized carbons (Fsp3) is 0.381. The third-order valence-electron chi connectivity index (χ3n) is 5.33. The van der Waals surface area contributed by atoms with Crippen molar-refractivity contribution in [2.24, 2.45) is 0 Å². The van der Waals surface area contributed by atoms with E-state index in [0.717, 1.165) is 0 Å². The third-order valence-corrected chi connectivity index (χ3v) is 8.25. The quantitative estimate of drug-likeness (QED) is 0.499. The lowest BCUT2D eigenvalue weighted by atomic mass is 10.1. The highest BCUT2D eigenvalue weighted by Crippen LogP contribution is 2.34. The Kier molecular flexibility index (Phi) is 6.61. The molecule has 8 nitrogen and oxygen atoms in total.